The average molecular weight is 341 g/mol. The lowest BCUT2D eigenvalue weighted by molar-refractivity contribution is -0.141. The summed E-state index contributed by atoms with van der Waals surface area (Å²) in [6.45, 7) is 4.00. The van der Waals surface area contributed by atoms with E-state index in [1.54, 1.807) is 30.3 Å². The van der Waals surface area contributed by atoms with Gasteiger partial charge in [-0.3, -0.25) is 9.20 Å². The first-order valence-corrected chi connectivity index (χ1v) is 7.73. The summed E-state index contributed by atoms with van der Waals surface area (Å²) in [6, 6.07) is 8.38. The van der Waals surface area contributed by atoms with Crippen molar-refractivity contribution in [2.45, 2.75) is 20.0 Å². The maximum Gasteiger partial charge on any atom is 0.432 e. The maximum absolute atomic E-state index is 12.8. The molecule has 0 fully saturated rings. The number of anilines is 1. The van der Waals surface area contributed by atoms with E-state index >= 15 is 0 Å². The Balaban J connectivity index is 0.000000924. The van der Waals surface area contributed by atoms with Gasteiger partial charge in [0.2, 0.25) is 0 Å². The minimum atomic E-state index is -4.46. The SMILES string of the molecule is CC.O=C(Nc1ncn2c(C(F)(F)F)csc12)c1ccccc1. The van der Waals surface area contributed by atoms with Crippen LogP contribution in [0.1, 0.15) is 29.9 Å². The van der Waals surface area contributed by atoms with Crippen molar-refractivity contribution in [2.75, 3.05) is 5.32 Å². The van der Waals surface area contributed by atoms with Gasteiger partial charge >= 0.3 is 6.18 Å². The zero-order chi connectivity index (χ0) is 17.0. The quantitative estimate of drug-likeness (QED) is 0.735. The Hall–Kier alpha value is -2.35. The fraction of sp³-hybridized carbons (Fsp3) is 0.200. The van der Waals surface area contributed by atoms with Gasteiger partial charge in [0.15, 0.2) is 5.82 Å². The predicted octanol–water partition coefficient (Wildman–Crippen LogP) is 4.69. The summed E-state index contributed by atoms with van der Waals surface area (Å²) in [6.07, 6.45) is -3.41. The highest BCUT2D eigenvalue weighted by atomic mass is 32.1. The van der Waals surface area contributed by atoms with Crippen molar-refractivity contribution in [1.82, 2.24) is 9.38 Å². The molecule has 122 valence electrons. The summed E-state index contributed by atoms with van der Waals surface area (Å²) in [7, 11) is 0. The van der Waals surface area contributed by atoms with Crippen LogP contribution < -0.4 is 5.32 Å². The molecule has 0 unspecified atom stereocenters. The molecule has 0 saturated carbocycles. The molecule has 4 nitrogen and oxygen atoms in total. The Kier molecular flexibility index (Phi) is 5.05. The molecule has 3 rings (SSSR count). The third-order valence-electron chi connectivity index (χ3n) is 2.82. The molecule has 0 aliphatic carbocycles. The molecule has 0 saturated heterocycles. The van der Waals surface area contributed by atoms with Gasteiger partial charge in [-0.1, -0.05) is 32.0 Å². The first-order chi connectivity index (χ1) is 11.0. The van der Waals surface area contributed by atoms with Crippen LogP contribution >= 0.6 is 11.3 Å². The number of amides is 1. The van der Waals surface area contributed by atoms with Gasteiger partial charge in [-0.15, -0.1) is 11.3 Å². The summed E-state index contributed by atoms with van der Waals surface area (Å²) >= 11 is 0.877. The van der Waals surface area contributed by atoms with Gasteiger partial charge in [0, 0.05) is 10.9 Å². The van der Waals surface area contributed by atoms with E-state index in [-0.39, 0.29) is 10.6 Å². The number of nitrogens with zero attached hydrogens (tertiary/aromatic N) is 2. The minimum Gasteiger partial charge on any atom is -0.304 e. The van der Waals surface area contributed by atoms with Crippen LogP contribution in [0, 0.1) is 0 Å². The van der Waals surface area contributed by atoms with Crippen molar-refractivity contribution in [1.29, 1.82) is 0 Å². The fourth-order valence-electron chi connectivity index (χ4n) is 1.85. The summed E-state index contributed by atoms with van der Waals surface area (Å²) in [5, 5.41) is 3.51. The van der Waals surface area contributed by atoms with Crippen LogP contribution in [0.2, 0.25) is 0 Å². The van der Waals surface area contributed by atoms with Gasteiger partial charge in [0.1, 0.15) is 16.9 Å². The zero-order valence-electron chi connectivity index (χ0n) is 12.4. The number of imidazole rings is 1. The maximum atomic E-state index is 12.8. The zero-order valence-corrected chi connectivity index (χ0v) is 13.2. The molecule has 0 aliphatic heterocycles. The van der Waals surface area contributed by atoms with Gasteiger partial charge in [-0.05, 0) is 12.1 Å². The first kappa shape index (κ1) is 17.0. The fourth-order valence-corrected chi connectivity index (χ4v) is 2.79. The number of halogens is 3. The molecule has 0 bridgehead atoms. The van der Waals surface area contributed by atoms with Crippen LogP contribution in [-0.2, 0) is 6.18 Å². The molecule has 3 aromatic rings. The van der Waals surface area contributed by atoms with Gasteiger partial charge in [-0.25, -0.2) is 4.98 Å². The van der Waals surface area contributed by atoms with E-state index in [9.17, 15) is 18.0 Å². The van der Waals surface area contributed by atoms with E-state index in [0.717, 1.165) is 27.4 Å². The molecule has 8 heteroatoms. The van der Waals surface area contributed by atoms with Crippen molar-refractivity contribution in [3.63, 3.8) is 0 Å². The van der Waals surface area contributed by atoms with Gasteiger partial charge in [-0.2, -0.15) is 13.2 Å². The third-order valence-corrected chi connectivity index (χ3v) is 3.78. The lowest BCUT2D eigenvalue weighted by Gasteiger charge is -2.03. The molecule has 0 atom stereocenters. The highest BCUT2D eigenvalue weighted by Gasteiger charge is 2.35. The Labute approximate surface area is 134 Å². The second kappa shape index (κ2) is 6.82. The van der Waals surface area contributed by atoms with Crippen molar-refractivity contribution in [2.24, 2.45) is 0 Å². The molecule has 1 aromatic carbocycles. The highest BCUT2D eigenvalue weighted by Crippen LogP contribution is 2.34. The number of nitrogens with one attached hydrogen (secondary N) is 1. The van der Waals surface area contributed by atoms with Crippen molar-refractivity contribution < 1.29 is 18.0 Å². The number of alkyl halides is 3. The van der Waals surface area contributed by atoms with Crippen molar-refractivity contribution >= 4 is 27.9 Å². The number of benzene rings is 1. The molecule has 2 aromatic heterocycles. The number of carbonyl (C=O) groups is 1. The van der Waals surface area contributed by atoms with E-state index in [1.165, 1.54) is 0 Å². The number of carbonyl (C=O) groups excluding carboxylic acids is 1. The Morgan fingerprint density at radius 2 is 1.87 bits per heavy atom. The Bertz CT molecular complexity index is 793. The van der Waals surface area contributed by atoms with E-state index < -0.39 is 17.8 Å². The van der Waals surface area contributed by atoms with E-state index in [0.29, 0.717) is 5.56 Å². The highest BCUT2D eigenvalue weighted by molar-refractivity contribution is 7.16. The molecular formula is C15H14F3N3OS. The van der Waals surface area contributed by atoms with E-state index in [2.05, 4.69) is 10.3 Å². The monoisotopic (exact) mass is 341 g/mol. The second-order valence-electron chi connectivity index (χ2n) is 4.21. The van der Waals surface area contributed by atoms with E-state index in [4.69, 9.17) is 0 Å². The predicted molar refractivity (Wildman–Crippen MR) is 83.8 cm³/mol. The molecule has 2 heterocycles. The van der Waals surface area contributed by atoms with Gasteiger partial charge < -0.3 is 5.32 Å². The van der Waals surface area contributed by atoms with Crippen LogP contribution in [-0.4, -0.2) is 15.3 Å². The summed E-state index contributed by atoms with van der Waals surface area (Å²) in [4.78, 5) is 16.1. The number of hydrogen-bond acceptors (Lipinski definition) is 3. The molecule has 1 N–H and O–H groups in total. The standard InChI is InChI=1S/C13H8F3N3OS.C2H6/c14-13(15,16)9-6-21-12-10(17-7-19(9)12)18-11(20)8-4-2-1-3-5-8;1-2/h1-7H,(H,18,20);1-2H3. The van der Waals surface area contributed by atoms with Crippen molar-refractivity contribution in [3.05, 3.63) is 53.3 Å². The number of rotatable bonds is 2. The normalized spacial score (nSPS) is 11.0. The first-order valence-electron chi connectivity index (χ1n) is 6.85. The number of hydrogen-bond donors (Lipinski definition) is 1. The van der Waals surface area contributed by atoms with Crippen LogP contribution in [0.3, 0.4) is 0 Å². The largest absolute Gasteiger partial charge is 0.432 e. The van der Waals surface area contributed by atoms with Crippen LogP contribution in [0.5, 0.6) is 0 Å². The average Bonchev–Trinajstić information content (AvgIpc) is 3.12. The van der Waals surface area contributed by atoms with Gasteiger partial charge in [0.25, 0.3) is 5.91 Å². The van der Waals surface area contributed by atoms with Crippen LogP contribution in [0.25, 0.3) is 4.83 Å². The molecule has 0 aliphatic rings. The Morgan fingerprint density at radius 1 is 1.22 bits per heavy atom. The molecular weight excluding hydrogens is 327 g/mol. The van der Waals surface area contributed by atoms with Crippen LogP contribution in [0.15, 0.2) is 42.0 Å². The number of aromatic nitrogens is 2. The Morgan fingerprint density at radius 3 is 2.48 bits per heavy atom. The summed E-state index contributed by atoms with van der Waals surface area (Å²) in [5.74, 6) is -0.303. The van der Waals surface area contributed by atoms with Crippen molar-refractivity contribution in [3.8, 4) is 0 Å². The van der Waals surface area contributed by atoms with Gasteiger partial charge in [0.05, 0.1) is 0 Å². The summed E-state index contributed by atoms with van der Waals surface area (Å²) in [5.41, 5.74) is -0.401. The molecule has 0 spiro atoms. The topological polar surface area (TPSA) is 46.4 Å². The summed E-state index contributed by atoms with van der Waals surface area (Å²) < 4.78 is 39.2. The van der Waals surface area contributed by atoms with E-state index in [1.807, 2.05) is 13.8 Å². The third kappa shape index (κ3) is 3.53. The number of fused-ring (bicyclic) bond motifs is 1. The second-order valence-corrected chi connectivity index (χ2v) is 5.07. The molecule has 1 amide bonds. The lowest BCUT2D eigenvalue weighted by atomic mass is 10.2. The molecule has 23 heavy (non-hydrogen) atoms. The number of thiazole rings is 1. The molecule has 0 radical (unpaired) electrons. The lowest BCUT2D eigenvalue weighted by Crippen LogP contribution is -2.12. The van der Waals surface area contributed by atoms with Crippen LogP contribution in [0.4, 0.5) is 19.0 Å². The smallest absolute Gasteiger partial charge is 0.304 e. The minimum absolute atomic E-state index is 0.115.